The lowest BCUT2D eigenvalue weighted by molar-refractivity contribution is -0.388. The molecule has 0 radical (unpaired) electrons. The number of nitrogens with zero attached hydrogens (tertiary/aromatic N) is 4. The van der Waals surface area contributed by atoms with Gasteiger partial charge in [-0.15, -0.1) is 10.2 Å². The number of nitro benzene ring substituents is 1. The standard InChI is InChI=1S/C20H19FN4O5S2/c1-13-8-10-24(11-9-13)32(28,29)16-6-7-18(17(12-16)25(26)27)31-20-23-22-19(30-20)14-2-4-15(21)5-3-14/h2-7,12-13H,8-11H2,1H3. The number of piperidine rings is 1. The molecule has 0 atom stereocenters. The first-order valence-corrected chi connectivity index (χ1v) is 12.1. The quantitative estimate of drug-likeness (QED) is 0.379. The van der Waals surface area contributed by atoms with Gasteiger partial charge in [-0.05, 0) is 66.9 Å². The molecule has 1 aliphatic heterocycles. The summed E-state index contributed by atoms with van der Waals surface area (Å²) in [5, 5.41) is 19.4. The van der Waals surface area contributed by atoms with E-state index in [1.807, 2.05) is 0 Å². The van der Waals surface area contributed by atoms with Crippen molar-refractivity contribution in [3.8, 4) is 11.5 Å². The SMILES string of the molecule is CC1CCN(S(=O)(=O)c2ccc(Sc3nnc(-c4ccc(F)cc4)o3)c([N+](=O)[O-])c2)CC1. The Morgan fingerprint density at radius 3 is 2.50 bits per heavy atom. The van der Waals surface area contributed by atoms with Gasteiger partial charge in [-0.25, -0.2) is 12.8 Å². The molecule has 1 fully saturated rings. The van der Waals surface area contributed by atoms with Crippen LogP contribution >= 0.6 is 11.8 Å². The van der Waals surface area contributed by atoms with Crippen LogP contribution in [0.4, 0.5) is 10.1 Å². The van der Waals surface area contributed by atoms with Crippen LogP contribution in [0.25, 0.3) is 11.5 Å². The van der Waals surface area contributed by atoms with E-state index < -0.39 is 20.8 Å². The zero-order valence-electron chi connectivity index (χ0n) is 17.0. The summed E-state index contributed by atoms with van der Waals surface area (Å²) in [5.74, 6) is 0.171. The van der Waals surface area contributed by atoms with E-state index in [0.29, 0.717) is 24.6 Å². The highest BCUT2D eigenvalue weighted by Crippen LogP contribution is 2.37. The largest absolute Gasteiger partial charge is 0.411 e. The summed E-state index contributed by atoms with van der Waals surface area (Å²) >= 11 is 0.852. The molecule has 1 aliphatic rings. The second-order valence-electron chi connectivity index (χ2n) is 7.46. The van der Waals surface area contributed by atoms with Gasteiger partial charge in [0.2, 0.25) is 15.9 Å². The molecule has 2 aromatic carbocycles. The van der Waals surface area contributed by atoms with E-state index in [0.717, 1.165) is 30.7 Å². The van der Waals surface area contributed by atoms with Crippen LogP contribution in [0.15, 0.2) is 61.9 Å². The lowest BCUT2D eigenvalue weighted by atomic mass is 10.0. The van der Waals surface area contributed by atoms with Crippen molar-refractivity contribution in [2.45, 2.75) is 34.8 Å². The smallest absolute Gasteiger partial charge is 0.284 e. The van der Waals surface area contributed by atoms with Gasteiger partial charge in [-0.3, -0.25) is 10.1 Å². The van der Waals surface area contributed by atoms with E-state index in [4.69, 9.17) is 4.42 Å². The molecule has 0 amide bonds. The van der Waals surface area contributed by atoms with Crippen molar-refractivity contribution in [3.63, 3.8) is 0 Å². The second-order valence-corrected chi connectivity index (χ2v) is 10.4. The van der Waals surface area contributed by atoms with Crippen molar-refractivity contribution in [1.29, 1.82) is 0 Å². The van der Waals surface area contributed by atoms with E-state index in [2.05, 4.69) is 17.1 Å². The molecule has 4 rings (SSSR count). The van der Waals surface area contributed by atoms with Gasteiger partial charge in [0, 0.05) is 24.7 Å². The molecule has 0 spiro atoms. The molecular weight excluding hydrogens is 459 g/mol. The molecule has 3 aromatic rings. The zero-order chi connectivity index (χ0) is 22.9. The van der Waals surface area contributed by atoms with Gasteiger partial charge >= 0.3 is 0 Å². The molecule has 0 saturated carbocycles. The summed E-state index contributed by atoms with van der Waals surface area (Å²) in [4.78, 5) is 11.0. The molecule has 0 aliphatic carbocycles. The number of nitro groups is 1. The Bertz CT molecular complexity index is 1240. The summed E-state index contributed by atoms with van der Waals surface area (Å²) < 4.78 is 45.9. The first-order chi connectivity index (χ1) is 15.2. The van der Waals surface area contributed by atoms with Crippen molar-refractivity contribution in [3.05, 3.63) is 58.4 Å². The van der Waals surface area contributed by atoms with Gasteiger partial charge in [0.25, 0.3) is 10.9 Å². The van der Waals surface area contributed by atoms with Crippen LogP contribution in [-0.4, -0.2) is 40.9 Å². The van der Waals surface area contributed by atoms with Gasteiger partial charge in [0.05, 0.1) is 14.7 Å². The van der Waals surface area contributed by atoms with Gasteiger partial charge < -0.3 is 4.42 Å². The van der Waals surface area contributed by atoms with Crippen LogP contribution in [0, 0.1) is 21.8 Å². The normalized spacial score (nSPS) is 15.7. The fraction of sp³-hybridized carbons (Fsp3) is 0.300. The van der Waals surface area contributed by atoms with Crippen LogP contribution in [0.2, 0.25) is 0 Å². The summed E-state index contributed by atoms with van der Waals surface area (Å²) in [6, 6.07) is 9.22. The Morgan fingerprint density at radius 1 is 1.16 bits per heavy atom. The highest BCUT2D eigenvalue weighted by atomic mass is 32.2. The van der Waals surface area contributed by atoms with E-state index in [-0.39, 0.29) is 26.6 Å². The number of hydrogen-bond acceptors (Lipinski definition) is 8. The Kier molecular flexibility index (Phi) is 6.26. The monoisotopic (exact) mass is 478 g/mol. The first kappa shape index (κ1) is 22.4. The van der Waals surface area contributed by atoms with Crippen LogP contribution in [0.5, 0.6) is 0 Å². The van der Waals surface area contributed by atoms with Crippen LogP contribution < -0.4 is 0 Å². The average Bonchev–Trinajstić information content (AvgIpc) is 3.23. The molecule has 1 saturated heterocycles. The molecule has 0 bridgehead atoms. The predicted octanol–water partition coefficient (Wildman–Crippen LogP) is 4.36. The fourth-order valence-electron chi connectivity index (χ4n) is 3.32. The Labute approximate surface area is 187 Å². The predicted molar refractivity (Wildman–Crippen MR) is 114 cm³/mol. The number of benzene rings is 2. The van der Waals surface area contributed by atoms with E-state index in [1.54, 1.807) is 0 Å². The molecule has 9 nitrogen and oxygen atoms in total. The minimum Gasteiger partial charge on any atom is -0.411 e. The molecule has 0 unspecified atom stereocenters. The average molecular weight is 479 g/mol. The van der Waals surface area contributed by atoms with Gasteiger partial charge in [0.1, 0.15) is 5.82 Å². The van der Waals surface area contributed by atoms with Gasteiger partial charge in [-0.2, -0.15) is 4.31 Å². The molecule has 32 heavy (non-hydrogen) atoms. The number of aromatic nitrogens is 2. The minimum absolute atomic E-state index is 0.0352. The van der Waals surface area contributed by atoms with Crippen molar-refractivity contribution in [2.24, 2.45) is 5.92 Å². The highest BCUT2D eigenvalue weighted by molar-refractivity contribution is 7.99. The third-order valence-corrected chi connectivity index (χ3v) is 8.00. The molecule has 2 heterocycles. The Balaban J connectivity index is 1.59. The number of sulfonamides is 1. The Morgan fingerprint density at radius 2 is 1.84 bits per heavy atom. The molecule has 12 heteroatoms. The maximum Gasteiger partial charge on any atom is 0.284 e. The van der Waals surface area contributed by atoms with E-state index in [1.165, 1.54) is 40.7 Å². The lowest BCUT2D eigenvalue weighted by Crippen LogP contribution is -2.37. The molecule has 0 N–H and O–H groups in total. The number of halogens is 1. The summed E-state index contributed by atoms with van der Waals surface area (Å²) in [5.41, 5.74) is 0.125. The molecule has 1 aromatic heterocycles. The van der Waals surface area contributed by atoms with Crippen LogP contribution in [0.1, 0.15) is 19.8 Å². The maximum atomic E-state index is 13.1. The summed E-state index contributed by atoms with van der Waals surface area (Å²) in [6.07, 6.45) is 1.51. The summed E-state index contributed by atoms with van der Waals surface area (Å²) in [7, 11) is -3.83. The van der Waals surface area contributed by atoms with Crippen molar-refractivity contribution < 1.29 is 22.1 Å². The van der Waals surface area contributed by atoms with E-state index in [9.17, 15) is 22.9 Å². The second kappa shape index (κ2) is 8.96. The highest BCUT2D eigenvalue weighted by Gasteiger charge is 2.30. The third-order valence-electron chi connectivity index (χ3n) is 5.20. The fourth-order valence-corrected chi connectivity index (χ4v) is 5.57. The van der Waals surface area contributed by atoms with Crippen LogP contribution in [0.3, 0.4) is 0 Å². The van der Waals surface area contributed by atoms with Gasteiger partial charge in [-0.1, -0.05) is 6.92 Å². The number of hydrogen-bond donors (Lipinski definition) is 0. The molecule has 168 valence electrons. The van der Waals surface area contributed by atoms with Gasteiger partial charge in [0.15, 0.2) is 0 Å². The maximum absolute atomic E-state index is 13.1. The topological polar surface area (TPSA) is 119 Å². The van der Waals surface area contributed by atoms with Crippen molar-refractivity contribution >= 4 is 27.5 Å². The van der Waals surface area contributed by atoms with Crippen molar-refractivity contribution in [2.75, 3.05) is 13.1 Å². The lowest BCUT2D eigenvalue weighted by Gasteiger charge is -2.29. The molecular formula is C20H19FN4O5S2. The number of rotatable bonds is 6. The Hall–Kier alpha value is -2.83. The third kappa shape index (κ3) is 4.66. The zero-order valence-corrected chi connectivity index (χ0v) is 18.6. The van der Waals surface area contributed by atoms with E-state index >= 15 is 0 Å². The van der Waals surface area contributed by atoms with Crippen LogP contribution in [-0.2, 0) is 10.0 Å². The van der Waals surface area contributed by atoms with Crippen molar-refractivity contribution in [1.82, 2.24) is 14.5 Å². The minimum atomic E-state index is -3.83. The summed E-state index contributed by atoms with van der Waals surface area (Å²) in [6.45, 7) is 2.85. The first-order valence-electron chi connectivity index (χ1n) is 9.80.